The molecular weight excluding hydrogens is 446 g/mol. The third-order valence-corrected chi connectivity index (χ3v) is 7.26. The lowest BCUT2D eigenvalue weighted by Gasteiger charge is -2.30. The van der Waals surface area contributed by atoms with Crippen LogP contribution in [0.25, 0.3) is 11.1 Å². The van der Waals surface area contributed by atoms with Gasteiger partial charge >= 0.3 is 0 Å². The number of carbonyl (C=O) groups is 1. The van der Waals surface area contributed by atoms with Crippen molar-refractivity contribution in [1.29, 1.82) is 0 Å². The van der Waals surface area contributed by atoms with Crippen molar-refractivity contribution in [3.05, 3.63) is 83.7 Å². The van der Waals surface area contributed by atoms with E-state index < -0.39 is 17.2 Å². The van der Waals surface area contributed by atoms with Gasteiger partial charge in [0, 0.05) is 42.7 Å². The molecule has 35 heavy (non-hydrogen) atoms. The van der Waals surface area contributed by atoms with E-state index in [1.54, 1.807) is 12.4 Å². The maximum Gasteiger partial charge on any atom is 0.255 e. The Morgan fingerprint density at radius 1 is 1.09 bits per heavy atom. The van der Waals surface area contributed by atoms with Crippen LogP contribution in [0.5, 0.6) is 0 Å². The van der Waals surface area contributed by atoms with E-state index in [1.807, 2.05) is 44.2 Å². The number of carbonyl (C=O) groups excluding carboxylic acids is 1. The Morgan fingerprint density at radius 2 is 1.83 bits per heavy atom. The summed E-state index contributed by atoms with van der Waals surface area (Å²) in [5, 5.41) is 6.79. The number of nitrogens with zero attached hydrogens (tertiary/aromatic N) is 2. The van der Waals surface area contributed by atoms with Gasteiger partial charge < -0.3 is 15.5 Å². The van der Waals surface area contributed by atoms with Gasteiger partial charge in [0.05, 0.1) is 16.8 Å². The molecule has 2 aromatic carbocycles. The van der Waals surface area contributed by atoms with E-state index >= 15 is 0 Å². The highest BCUT2D eigenvalue weighted by atomic mass is 19.1. The van der Waals surface area contributed by atoms with Gasteiger partial charge in [-0.05, 0) is 62.9 Å². The summed E-state index contributed by atoms with van der Waals surface area (Å²) >= 11 is 0. The number of halogens is 2. The van der Waals surface area contributed by atoms with E-state index in [9.17, 15) is 13.6 Å². The molecule has 5 rings (SSSR count). The zero-order valence-corrected chi connectivity index (χ0v) is 20.1. The Kier molecular flexibility index (Phi) is 6.05. The topological polar surface area (TPSA) is 57.3 Å². The lowest BCUT2D eigenvalue weighted by Crippen LogP contribution is -2.43. The Hall–Kier alpha value is -3.32. The number of pyridine rings is 1. The van der Waals surface area contributed by atoms with Gasteiger partial charge in [0.1, 0.15) is 11.6 Å². The molecule has 1 aromatic heterocycles. The van der Waals surface area contributed by atoms with Crippen LogP contribution in [0, 0.1) is 11.6 Å². The highest BCUT2D eigenvalue weighted by Crippen LogP contribution is 2.40. The second-order valence-electron chi connectivity index (χ2n) is 10.2. The molecule has 2 saturated heterocycles. The zero-order valence-electron chi connectivity index (χ0n) is 20.1. The van der Waals surface area contributed by atoms with Gasteiger partial charge in [0.2, 0.25) is 0 Å². The maximum absolute atomic E-state index is 14.2. The Morgan fingerprint density at radius 3 is 2.51 bits per heavy atom. The minimum absolute atomic E-state index is 0.00475. The van der Waals surface area contributed by atoms with Crippen molar-refractivity contribution in [3.8, 4) is 11.1 Å². The average Bonchev–Trinajstić information content (AvgIpc) is 3.47. The van der Waals surface area contributed by atoms with E-state index in [2.05, 4.69) is 20.5 Å². The molecule has 3 heterocycles. The van der Waals surface area contributed by atoms with Crippen LogP contribution in [0.2, 0.25) is 0 Å². The number of amides is 1. The second-order valence-corrected chi connectivity index (χ2v) is 10.2. The predicted molar refractivity (Wildman–Crippen MR) is 133 cm³/mol. The first kappa shape index (κ1) is 23.4. The van der Waals surface area contributed by atoms with Gasteiger partial charge in [-0.15, -0.1) is 0 Å². The molecule has 3 aromatic rings. The normalized spacial score (nSPS) is 19.9. The van der Waals surface area contributed by atoms with Crippen LogP contribution in [-0.4, -0.2) is 36.1 Å². The molecule has 1 atom stereocenters. The number of nitrogens with one attached hydrogen (secondary N) is 2. The van der Waals surface area contributed by atoms with Crippen LogP contribution in [-0.2, 0) is 5.54 Å². The summed E-state index contributed by atoms with van der Waals surface area (Å²) in [7, 11) is 0. The van der Waals surface area contributed by atoms with E-state index in [0.29, 0.717) is 22.4 Å². The first-order chi connectivity index (χ1) is 16.8. The summed E-state index contributed by atoms with van der Waals surface area (Å²) < 4.78 is 28.3. The molecule has 0 radical (unpaired) electrons. The van der Waals surface area contributed by atoms with Gasteiger partial charge in [-0.25, -0.2) is 8.78 Å². The molecule has 0 aliphatic carbocycles. The van der Waals surface area contributed by atoms with Crippen LogP contribution in [0.4, 0.5) is 14.5 Å². The van der Waals surface area contributed by atoms with Crippen molar-refractivity contribution >= 4 is 11.6 Å². The molecule has 0 bridgehead atoms. The molecule has 0 saturated carbocycles. The zero-order chi connectivity index (χ0) is 24.6. The van der Waals surface area contributed by atoms with Gasteiger partial charge in [-0.3, -0.25) is 9.78 Å². The highest BCUT2D eigenvalue weighted by molar-refractivity contribution is 6.03. The Labute approximate surface area is 204 Å². The minimum atomic E-state index is -0.665. The smallest absolute Gasteiger partial charge is 0.255 e. The lowest BCUT2D eigenvalue weighted by molar-refractivity contribution is 0.0912. The predicted octanol–water partition coefficient (Wildman–Crippen LogP) is 5.02. The number of anilines is 1. The van der Waals surface area contributed by atoms with Crippen molar-refractivity contribution in [2.24, 2.45) is 0 Å². The first-order valence-electron chi connectivity index (χ1n) is 12.1. The van der Waals surface area contributed by atoms with Gasteiger partial charge in [-0.2, -0.15) is 0 Å². The van der Waals surface area contributed by atoms with Crippen LogP contribution < -0.4 is 15.5 Å². The molecule has 2 aliphatic heterocycles. The number of aromatic nitrogens is 1. The number of rotatable bonds is 5. The summed E-state index contributed by atoms with van der Waals surface area (Å²) in [6.45, 7) is 6.35. The van der Waals surface area contributed by atoms with E-state index in [1.165, 1.54) is 12.1 Å². The number of hydrogen-bond donors (Lipinski definition) is 2. The SMILES string of the molecule is CC(C)(NC(=O)c1cncc(-c2cc(F)cc(F)c2)c1N1CCC2(CCCN2)C1)c1ccccc1. The first-order valence-corrected chi connectivity index (χ1v) is 12.1. The van der Waals surface area contributed by atoms with Crippen LogP contribution in [0.3, 0.4) is 0 Å². The molecule has 1 spiro atoms. The molecule has 2 fully saturated rings. The summed E-state index contributed by atoms with van der Waals surface area (Å²) in [4.78, 5) is 20.2. The van der Waals surface area contributed by atoms with Crippen LogP contribution in [0.1, 0.15) is 49.0 Å². The monoisotopic (exact) mass is 476 g/mol. The molecule has 1 unspecified atom stereocenters. The standard InChI is InChI=1S/C28H30F2N4O/c1-27(2,20-7-4-3-5-8-20)33-26(35)24-17-31-16-23(19-13-21(29)15-22(30)14-19)25(24)34-12-10-28(18-34)9-6-11-32-28/h3-5,7-8,13-17,32H,6,9-12,18H2,1-2H3,(H,33,35). The molecule has 2 aliphatic rings. The van der Waals surface area contributed by atoms with E-state index in [-0.39, 0.29) is 11.4 Å². The lowest BCUT2D eigenvalue weighted by atomic mass is 9.93. The molecule has 182 valence electrons. The quantitative estimate of drug-likeness (QED) is 0.543. The van der Waals surface area contributed by atoms with Crippen LogP contribution >= 0.6 is 0 Å². The van der Waals surface area contributed by atoms with Crippen molar-refractivity contribution in [3.63, 3.8) is 0 Å². The highest BCUT2D eigenvalue weighted by Gasteiger charge is 2.41. The molecule has 2 N–H and O–H groups in total. The summed E-state index contributed by atoms with van der Waals surface area (Å²) in [6.07, 6.45) is 6.28. The summed E-state index contributed by atoms with van der Waals surface area (Å²) in [5.74, 6) is -1.61. The van der Waals surface area contributed by atoms with Crippen LogP contribution in [0.15, 0.2) is 60.9 Å². The minimum Gasteiger partial charge on any atom is -0.368 e. The molecule has 5 nitrogen and oxygen atoms in total. The second kappa shape index (κ2) is 9.04. The Bertz CT molecular complexity index is 1220. The summed E-state index contributed by atoms with van der Waals surface area (Å²) in [6, 6.07) is 13.2. The molecule has 1 amide bonds. The van der Waals surface area contributed by atoms with Gasteiger partial charge in [0.25, 0.3) is 5.91 Å². The average molecular weight is 477 g/mol. The Balaban J connectivity index is 1.57. The van der Waals surface area contributed by atoms with Crippen molar-refractivity contribution in [1.82, 2.24) is 15.6 Å². The largest absolute Gasteiger partial charge is 0.368 e. The number of benzene rings is 2. The number of hydrogen-bond acceptors (Lipinski definition) is 4. The van der Waals surface area contributed by atoms with Gasteiger partial charge in [0.15, 0.2) is 0 Å². The van der Waals surface area contributed by atoms with Crippen molar-refractivity contribution < 1.29 is 13.6 Å². The van der Waals surface area contributed by atoms with E-state index in [4.69, 9.17) is 0 Å². The fourth-order valence-electron chi connectivity index (χ4n) is 5.44. The third kappa shape index (κ3) is 4.65. The van der Waals surface area contributed by atoms with E-state index in [0.717, 1.165) is 50.5 Å². The fourth-order valence-corrected chi connectivity index (χ4v) is 5.44. The molecule has 7 heteroatoms. The molecular formula is C28H30F2N4O. The third-order valence-electron chi connectivity index (χ3n) is 7.26. The fraction of sp³-hybridized carbons (Fsp3) is 0.357. The maximum atomic E-state index is 14.2. The van der Waals surface area contributed by atoms with Crippen molar-refractivity contribution in [2.45, 2.75) is 44.2 Å². The van der Waals surface area contributed by atoms with Crippen molar-refractivity contribution in [2.75, 3.05) is 24.5 Å². The summed E-state index contributed by atoms with van der Waals surface area (Å²) in [5.41, 5.74) is 2.32. The van der Waals surface area contributed by atoms with Gasteiger partial charge in [-0.1, -0.05) is 30.3 Å².